The number of hydroxylamine groups is 1. The third-order valence-corrected chi connectivity index (χ3v) is 6.11. The van der Waals surface area contributed by atoms with Gasteiger partial charge in [-0.1, -0.05) is 11.6 Å². The van der Waals surface area contributed by atoms with Crippen LogP contribution in [0.15, 0.2) is 29.1 Å². The highest BCUT2D eigenvalue weighted by Crippen LogP contribution is 2.33. The van der Waals surface area contributed by atoms with Gasteiger partial charge in [-0.25, -0.2) is 9.78 Å². The van der Waals surface area contributed by atoms with Crippen LogP contribution in [0.2, 0.25) is 5.02 Å². The van der Waals surface area contributed by atoms with Crippen LogP contribution in [-0.2, 0) is 4.84 Å². The third-order valence-electron chi connectivity index (χ3n) is 4.13. The number of thiazole rings is 1. The molecule has 0 saturated carbocycles. The monoisotopic (exact) mass is 410 g/mol. The first-order chi connectivity index (χ1) is 12.6. The molecule has 2 fully saturated rings. The molecule has 2 saturated heterocycles. The van der Waals surface area contributed by atoms with Gasteiger partial charge in [-0.2, -0.15) is 16.8 Å². The van der Waals surface area contributed by atoms with E-state index in [1.165, 1.54) is 16.4 Å². The van der Waals surface area contributed by atoms with Crippen LogP contribution in [-0.4, -0.2) is 52.5 Å². The van der Waals surface area contributed by atoms with Gasteiger partial charge in [0.2, 0.25) is 0 Å². The van der Waals surface area contributed by atoms with Crippen LogP contribution in [0.3, 0.4) is 0 Å². The Bertz CT molecular complexity index is 833. The Morgan fingerprint density at radius 2 is 2.31 bits per heavy atom. The van der Waals surface area contributed by atoms with E-state index in [9.17, 15) is 9.59 Å². The maximum atomic E-state index is 12.7. The molecule has 1 aromatic carbocycles. The fourth-order valence-corrected chi connectivity index (χ4v) is 4.65. The Labute approximate surface area is 163 Å². The summed E-state index contributed by atoms with van der Waals surface area (Å²) in [6.45, 7) is 1.14. The number of nitrogens with one attached hydrogen (secondary N) is 1. The highest BCUT2D eigenvalue weighted by molar-refractivity contribution is 7.99. The molecule has 10 heteroatoms. The maximum Gasteiger partial charge on any atom is 0.349 e. The van der Waals surface area contributed by atoms with Crippen LogP contribution in [0.5, 0.6) is 0 Å². The summed E-state index contributed by atoms with van der Waals surface area (Å²) in [6.07, 6.45) is 0. The number of hydrogen-bond acceptors (Lipinski definition) is 6. The first-order valence-corrected chi connectivity index (χ1v) is 10.4. The van der Waals surface area contributed by atoms with E-state index in [0.29, 0.717) is 35.2 Å². The van der Waals surface area contributed by atoms with E-state index in [-0.39, 0.29) is 18.0 Å². The van der Waals surface area contributed by atoms with Crippen molar-refractivity contribution in [1.29, 1.82) is 0 Å². The fourth-order valence-electron chi connectivity index (χ4n) is 2.82. The lowest BCUT2D eigenvalue weighted by Gasteiger charge is -2.42. The number of rotatable bonds is 3. The van der Waals surface area contributed by atoms with Crippen molar-refractivity contribution >= 4 is 58.0 Å². The lowest BCUT2D eigenvalue weighted by molar-refractivity contribution is 0.0265. The summed E-state index contributed by atoms with van der Waals surface area (Å²) in [5, 5.41) is 5.96. The second-order valence-electron chi connectivity index (χ2n) is 5.79. The number of anilines is 2. The van der Waals surface area contributed by atoms with Crippen molar-refractivity contribution in [2.24, 2.45) is 0 Å². The molecule has 7 nitrogen and oxygen atoms in total. The molecule has 2 aromatic rings. The maximum absolute atomic E-state index is 12.7. The lowest BCUT2D eigenvalue weighted by Crippen LogP contribution is -2.59. The number of hydrogen-bond donors (Lipinski definition) is 1. The Morgan fingerprint density at radius 1 is 1.42 bits per heavy atom. The van der Waals surface area contributed by atoms with E-state index < -0.39 is 0 Å². The number of amides is 3. The van der Waals surface area contributed by atoms with Crippen LogP contribution < -0.4 is 10.4 Å². The second kappa shape index (κ2) is 7.43. The van der Waals surface area contributed by atoms with Gasteiger partial charge >= 0.3 is 6.03 Å². The summed E-state index contributed by atoms with van der Waals surface area (Å²) in [5.41, 5.74) is 2.92. The molecule has 1 N–H and O–H groups in total. The summed E-state index contributed by atoms with van der Waals surface area (Å²) in [4.78, 5) is 36.2. The molecule has 1 aromatic heterocycles. The molecular formula is C16H15ClN4O3S2. The third kappa shape index (κ3) is 3.39. The van der Waals surface area contributed by atoms with E-state index in [0.717, 1.165) is 11.5 Å². The van der Waals surface area contributed by atoms with Crippen molar-refractivity contribution in [3.05, 3.63) is 39.8 Å². The number of aromatic nitrogens is 1. The predicted molar refractivity (Wildman–Crippen MR) is 103 cm³/mol. The van der Waals surface area contributed by atoms with E-state index in [2.05, 4.69) is 10.3 Å². The Kier molecular flexibility index (Phi) is 5.03. The summed E-state index contributed by atoms with van der Waals surface area (Å²) in [5.74, 6) is 1.49. The van der Waals surface area contributed by atoms with E-state index in [1.54, 1.807) is 29.1 Å². The molecule has 3 heterocycles. The lowest BCUT2D eigenvalue weighted by atomic mass is 10.2. The molecular weight excluding hydrogens is 396 g/mol. The van der Waals surface area contributed by atoms with E-state index in [4.69, 9.17) is 16.4 Å². The quantitative estimate of drug-likeness (QED) is 0.839. The van der Waals surface area contributed by atoms with Gasteiger partial charge in [-0.05, 0) is 18.2 Å². The molecule has 0 radical (unpaired) electrons. The fraction of sp³-hybridized carbons (Fsp3) is 0.312. The summed E-state index contributed by atoms with van der Waals surface area (Å²) < 4.78 is 0. The van der Waals surface area contributed by atoms with E-state index in [1.807, 2.05) is 16.7 Å². The zero-order valence-electron chi connectivity index (χ0n) is 13.6. The SMILES string of the molecule is O=C(Nc1ccc(N2OCC3CSCCN3C2=O)c(Cl)c1)c1cscn1. The van der Waals surface area contributed by atoms with Crippen LogP contribution >= 0.6 is 34.7 Å². The number of carbonyl (C=O) groups is 2. The number of fused-ring (bicyclic) bond motifs is 1. The van der Waals surface area contributed by atoms with Crippen molar-refractivity contribution in [1.82, 2.24) is 9.88 Å². The normalized spacial score (nSPS) is 20.0. The summed E-state index contributed by atoms with van der Waals surface area (Å²) in [6, 6.07) is 4.84. The Balaban J connectivity index is 1.51. The molecule has 0 bridgehead atoms. The highest BCUT2D eigenvalue weighted by atomic mass is 35.5. The van der Waals surface area contributed by atoms with Gasteiger partial charge in [0.05, 0.1) is 28.9 Å². The van der Waals surface area contributed by atoms with Crippen molar-refractivity contribution < 1.29 is 14.4 Å². The van der Waals surface area contributed by atoms with Gasteiger partial charge in [0.1, 0.15) is 5.69 Å². The van der Waals surface area contributed by atoms with Crippen LogP contribution in [0.1, 0.15) is 10.5 Å². The minimum Gasteiger partial charge on any atom is -0.321 e. The minimum atomic E-state index is -0.311. The molecule has 0 aliphatic carbocycles. The summed E-state index contributed by atoms with van der Waals surface area (Å²) >= 11 is 9.52. The zero-order chi connectivity index (χ0) is 18.1. The molecule has 2 aliphatic heterocycles. The molecule has 3 amide bonds. The molecule has 4 rings (SSSR count). The Morgan fingerprint density at radius 3 is 3.08 bits per heavy atom. The molecule has 0 spiro atoms. The minimum absolute atomic E-state index is 0.105. The van der Waals surface area contributed by atoms with Gasteiger partial charge in [-0.3, -0.25) is 9.63 Å². The molecule has 1 atom stereocenters. The smallest absolute Gasteiger partial charge is 0.321 e. The standard InChI is InChI=1S/C16H15ClN4O3S2/c17-12-5-10(19-15(22)13-8-26-9-18-13)1-2-14(12)21-16(23)20-3-4-25-7-11(20)6-24-21/h1-2,5,8-9,11H,3-4,6-7H2,(H,19,22). The number of thioether (sulfide) groups is 1. The molecule has 136 valence electrons. The number of nitrogens with zero attached hydrogens (tertiary/aromatic N) is 3. The number of halogens is 1. The van der Waals surface area contributed by atoms with Gasteiger partial charge in [-0.15, -0.1) is 11.3 Å². The van der Waals surface area contributed by atoms with Gasteiger partial charge < -0.3 is 10.2 Å². The molecule has 2 aliphatic rings. The average molecular weight is 411 g/mol. The van der Waals surface area contributed by atoms with Crippen molar-refractivity contribution in [3.63, 3.8) is 0 Å². The van der Waals surface area contributed by atoms with Crippen LogP contribution in [0, 0.1) is 0 Å². The largest absolute Gasteiger partial charge is 0.349 e. The molecule has 26 heavy (non-hydrogen) atoms. The van der Waals surface area contributed by atoms with Crippen LogP contribution in [0.4, 0.5) is 16.2 Å². The van der Waals surface area contributed by atoms with Gasteiger partial charge in [0, 0.05) is 29.1 Å². The highest BCUT2D eigenvalue weighted by Gasteiger charge is 2.37. The average Bonchev–Trinajstić information content (AvgIpc) is 3.18. The predicted octanol–water partition coefficient (Wildman–Crippen LogP) is 3.34. The van der Waals surface area contributed by atoms with Crippen molar-refractivity contribution in [2.45, 2.75) is 6.04 Å². The van der Waals surface area contributed by atoms with Crippen LogP contribution in [0.25, 0.3) is 0 Å². The number of carbonyl (C=O) groups excluding carboxylic acids is 2. The van der Waals surface area contributed by atoms with Crippen molar-refractivity contribution in [3.8, 4) is 0 Å². The van der Waals surface area contributed by atoms with Gasteiger partial charge in [0.15, 0.2) is 0 Å². The Hall–Kier alpha value is -1.81. The topological polar surface area (TPSA) is 74.8 Å². The van der Waals surface area contributed by atoms with Crippen molar-refractivity contribution in [2.75, 3.05) is 35.0 Å². The first-order valence-electron chi connectivity index (χ1n) is 7.94. The van der Waals surface area contributed by atoms with Gasteiger partial charge in [0.25, 0.3) is 5.91 Å². The first kappa shape index (κ1) is 17.6. The summed E-state index contributed by atoms with van der Waals surface area (Å²) in [7, 11) is 0. The zero-order valence-corrected chi connectivity index (χ0v) is 15.9. The molecule has 1 unspecified atom stereocenters. The second-order valence-corrected chi connectivity index (χ2v) is 8.06. The number of urea groups is 1. The number of benzene rings is 1. The van der Waals surface area contributed by atoms with E-state index >= 15 is 0 Å².